The van der Waals surface area contributed by atoms with Crippen LogP contribution in [0.25, 0.3) is 10.9 Å². The van der Waals surface area contributed by atoms with Crippen LogP contribution in [0.2, 0.25) is 5.02 Å². The molecule has 152 valence electrons. The molecule has 1 saturated heterocycles. The minimum atomic E-state index is -0.589. The summed E-state index contributed by atoms with van der Waals surface area (Å²) in [5.41, 5.74) is -0.722. The highest BCUT2D eigenvalue weighted by molar-refractivity contribution is 6.31. The zero-order valence-corrected chi connectivity index (χ0v) is 16.4. The second-order valence-corrected chi connectivity index (χ2v) is 7.38. The molecular formula is C20H20ClN3O5. The van der Waals surface area contributed by atoms with E-state index >= 15 is 0 Å². The molecule has 4 rings (SSSR count). The van der Waals surface area contributed by atoms with Crippen LogP contribution in [-0.4, -0.2) is 34.3 Å². The molecule has 1 amide bonds. The first-order valence-electron chi connectivity index (χ1n) is 9.36. The molecule has 1 atom stereocenters. The van der Waals surface area contributed by atoms with Gasteiger partial charge in [-0.05, 0) is 43.2 Å². The second-order valence-electron chi connectivity index (χ2n) is 6.94. The Labute approximate surface area is 170 Å². The summed E-state index contributed by atoms with van der Waals surface area (Å²) >= 11 is 6.06. The molecule has 1 aliphatic rings. The van der Waals surface area contributed by atoms with E-state index in [1.54, 1.807) is 24.3 Å². The van der Waals surface area contributed by atoms with Crippen molar-refractivity contribution in [1.29, 1.82) is 0 Å². The number of rotatable bonds is 6. The van der Waals surface area contributed by atoms with E-state index in [1.165, 1.54) is 16.9 Å². The number of hydrogen-bond donors (Lipinski definition) is 1. The van der Waals surface area contributed by atoms with Gasteiger partial charge < -0.3 is 14.5 Å². The Morgan fingerprint density at radius 2 is 2.10 bits per heavy atom. The van der Waals surface area contributed by atoms with E-state index in [2.05, 4.69) is 5.32 Å². The molecule has 1 N–H and O–H groups in total. The van der Waals surface area contributed by atoms with Crippen LogP contribution in [0.5, 0.6) is 0 Å². The van der Waals surface area contributed by atoms with Gasteiger partial charge in [-0.2, -0.15) is 0 Å². The van der Waals surface area contributed by atoms with E-state index < -0.39 is 11.2 Å². The lowest BCUT2D eigenvalue weighted by atomic mass is 10.2. The van der Waals surface area contributed by atoms with Crippen molar-refractivity contribution in [1.82, 2.24) is 14.5 Å². The molecule has 3 aromatic rings. The molecule has 29 heavy (non-hydrogen) atoms. The number of carbonyl (C=O) groups is 1. The summed E-state index contributed by atoms with van der Waals surface area (Å²) in [5.74, 6) is 0.127. The van der Waals surface area contributed by atoms with Gasteiger partial charge in [-0.25, -0.2) is 4.79 Å². The Kier molecular flexibility index (Phi) is 5.55. The number of aromatic nitrogens is 2. The molecule has 0 aliphatic carbocycles. The standard InChI is InChI=1S/C20H20ClN3O5/c21-13-5-6-17-16(9-13)19(26)24(11-15-4-2-8-29-15)20(27)23(17)12-18(25)22-10-14-3-1-7-28-14/h2,4-6,8-9,14H,1,3,7,10-12H2,(H,22,25)/t14-/m0/s1. The summed E-state index contributed by atoms with van der Waals surface area (Å²) < 4.78 is 13.1. The lowest BCUT2D eigenvalue weighted by Gasteiger charge is -2.15. The third-order valence-corrected chi connectivity index (χ3v) is 5.17. The van der Waals surface area contributed by atoms with Crippen LogP contribution in [0, 0.1) is 0 Å². The van der Waals surface area contributed by atoms with Crippen LogP contribution >= 0.6 is 11.6 Å². The van der Waals surface area contributed by atoms with Crippen LogP contribution in [0.1, 0.15) is 18.6 Å². The molecule has 1 aliphatic heterocycles. The van der Waals surface area contributed by atoms with Crippen LogP contribution in [0.15, 0.2) is 50.6 Å². The number of carbonyl (C=O) groups excluding carboxylic acids is 1. The molecular weight excluding hydrogens is 398 g/mol. The van der Waals surface area contributed by atoms with Gasteiger partial charge in [0.1, 0.15) is 12.3 Å². The number of nitrogens with one attached hydrogen (secondary N) is 1. The SMILES string of the molecule is O=C(Cn1c(=O)n(Cc2ccco2)c(=O)c2cc(Cl)ccc21)NC[C@@H]1CCCO1. The largest absolute Gasteiger partial charge is 0.467 e. The number of furan rings is 1. The van der Waals surface area contributed by atoms with Gasteiger partial charge in [-0.15, -0.1) is 0 Å². The summed E-state index contributed by atoms with van der Waals surface area (Å²) in [6.07, 6.45) is 3.34. The van der Waals surface area contributed by atoms with Crippen molar-refractivity contribution in [2.24, 2.45) is 0 Å². The summed E-state index contributed by atoms with van der Waals surface area (Å²) in [4.78, 5) is 38.4. The highest BCUT2D eigenvalue weighted by Crippen LogP contribution is 2.16. The number of hydrogen-bond acceptors (Lipinski definition) is 5. The molecule has 0 unspecified atom stereocenters. The van der Waals surface area contributed by atoms with Crippen molar-refractivity contribution < 1.29 is 13.9 Å². The lowest BCUT2D eigenvalue weighted by molar-refractivity contribution is -0.122. The van der Waals surface area contributed by atoms with E-state index in [9.17, 15) is 14.4 Å². The van der Waals surface area contributed by atoms with Gasteiger partial charge in [0.25, 0.3) is 5.56 Å². The van der Waals surface area contributed by atoms with Crippen molar-refractivity contribution in [3.8, 4) is 0 Å². The molecule has 3 heterocycles. The van der Waals surface area contributed by atoms with E-state index in [0.29, 0.717) is 29.5 Å². The minimum absolute atomic E-state index is 0.000806. The maximum absolute atomic E-state index is 13.1. The predicted octanol–water partition coefficient (Wildman–Crippen LogP) is 1.75. The Balaban J connectivity index is 1.70. The third kappa shape index (κ3) is 4.13. The number of nitrogens with zero attached hydrogens (tertiary/aromatic N) is 2. The first-order valence-corrected chi connectivity index (χ1v) is 9.74. The van der Waals surface area contributed by atoms with Crippen LogP contribution in [0.3, 0.4) is 0 Å². The number of benzene rings is 1. The Bertz CT molecular complexity index is 1140. The minimum Gasteiger partial charge on any atom is -0.467 e. The fraction of sp³-hybridized carbons (Fsp3) is 0.350. The number of fused-ring (bicyclic) bond motifs is 1. The summed E-state index contributed by atoms with van der Waals surface area (Å²) in [7, 11) is 0. The fourth-order valence-corrected chi connectivity index (χ4v) is 3.65. The Morgan fingerprint density at radius 1 is 1.24 bits per heavy atom. The number of halogens is 1. The number of ether oxygens (including phenoxy) is 1. The van der Waals surface area contributed by atoms with Gasteiger partial charge in [-0.1, -0.05) is 11.6 Å². The average Bonchev–Trinajstić information content (AvgIpc) is 3.41. The topological polar surface area (TPSA) is 95.5 Å². The maximum atomic E-state index is 13.1. The fourth-order valence-electron chi connectivity index (χ4n) is 3.48. The quantitative estimate of drug-likeness (QED) is 0.659. The van der Waals surface area contributed by atoms with E-state index in [-0.39, 0.29) is 30.5 Å². The average molecular weight is 418 g/mol. The van der Waals surface area contributed by atoms with Gasteiger partial charge in [0.15, 0.2) is 0 Å². The van der Waals surface area contributed by atoms with Gasteiger partial charge in [0.05, 0.1) is 29.8 Å². The number of amides is 1. The van der Waals surface area contributed by atoms with Gasteiger partial charge >= 0.3 is 5.69 Å². The van der Waals surface area contributed by atoms with Gasteiger partial charge in [-0.3, -0.25) is 18.7 Å². The van der Waals surface area contributed by atoms with Crippen molar-refractivity contribution in [3.05, 3.63) is 68.2 Å². The predicted molar refractivity (Wildman–Crippen MR) is 107 cm³/mol. The van der Waals surface area contributed by atoms with Crippen molar-refractivity contribution >= 4 is 28.4 Å². The summed E-state index contributed by atoms with van der Waals surface area (Å²) in [6, 6.07) is 8.01. The van der Waals surface area contributed by atoms with Gasteiger partial charge in [0.2, 0.25) is 5.91 Å². The normalized spacial score (nSPS) is 16.4. The zero-order valence-electron chi connectivity index (χ0n) is 15.6. The smallest absolute Gasteiger partial charge is 0.332 e. The molecule has 9 heteroatoms. The molecule has 0 saturated carbocycles. The summed E-state index contributed by atoms with van der Waals surface area (Å²) in [6.45, 7) is 0.833. The Hall–Kier alpha value is -2.84. The highest BCUT2D eigenvalue weighted by atomic mass is 35.5. The molecule has 1 fully saturated rings. The second kappa shape index (κ2) is 8.26. The zero-order chi connectivity index (χ0) is 20.4. The first kappa shape index (κ1) is 19.5. The van der Waals surface area contributed by atoms with E-state index in [0.717, 1.165) is 17.4 Å². The monoisotopic (exact) mass is 417 g/mol. The molecule has 2 aromatic heterocycles. The molecule has 0 radical (unpaired) electrons. The van der Waals surface area contributed by atoms with Crippen LogP contribution in [-0.2, 0) is 22.6 Å². The van der Waals surface area contributed by atoms with E-state index in [4.69, 9.17) is 20.8 Å². The Morgan fingerprint density at radius 3 is 2.83 bits per heavy atom. The molecule has 8 nitrogen and oxygen atoms in total. The van der Waals surface area contributed by atoms with Crippen molar-refractivity contribution in [2.45, 2.75) is 32.0 Å². The van der Waals surface area contributed by atoms with Crippen LogP contribution < -0.4 is 16.6 Å². The van der Waals surface area contributed by atoms with Crippen molar-refractivity contribution in [3.63, 3.8) is 0 Å². The summed E-state index contributed by atoms with van der Waals surface area (Å²) in [5, 5.41) is 3.43. The van der Waals surface area contributed by atoms with E-state index in [1.807, 2.05) is 0 Å². The first-order chi connectivity index (χ1) is 14.0. The molecule has 0 bridgehead atoms. The maximum Gasteiger partial charge on any atom is 0.332 e. The van der Waals surface area contributed by atoms with Gasteiger partial charge in [0, 0.05) is 18.2 Å². The molecule has 1 aromatic carbocycles. The third-order valence-electron chi connectivity index (χ3n) is 4.93. The highest BCUT2D eigenvalue weighted by Gasteiger charge is 2.19. The van der Waals surface area contributed by atoms with Crippen LogP contribution in [0.4, 0.5) is 0 Å². The van der Waals surface area contributed by atoms with Crippen molar-refractivity contribution in [2.75, 3.05) is 13.2 Å². The molecule has 0 spiro atoms. The lowest BCUT2D eigenvalue weighted by Crippen LogP contribution is -2.43.